The molecule has 1 unspecified atom stereocenters. The molecule has 19 heavy (non-hydrogen) atoms. The number of benzene rings is 1. The molecule has 1 fully saturated rings. The van der Waals surface area contributed by atoms with Gasteiger partial charge in [-0.15, -0.1) is 0 Å². The number of carboxylic acids is 1. The van der Waals surface area contributed by atoms with E-state index in [4.69, 9.17) is 10.8 Å². The van der Waals surface area contributed by atoms with Crippen molar-refractivity contribution >= 4 is 17.3 Å². The molecule has 1 aliphatic carbocycles. The molecule has 104 valence electrons. The summed E-state index contributed by atoms with van der Waals surface area (Å²) in [6.45, 7) is 4.00. The summed E-state index contributed by atoms with van der Waals surface area (Å²) in [7, 11) is 0. The summed E-state index contributed by atoms with van der Waals surface area (Å²) in [4.78, 5) is 11.2. The molecule has 4 heteroatoms. The SMILES string of the molecule is CCC(CC1CC1)Nc1cc(C)c(N)c(C(=O)O)c1. The quantitative estimate of drug-likeness (QED) is 0.688. The molecule has 4 nitrogen and oxygen atoms in total. The van der Waals surface area contributed by atoms with E-state index < -0.39 is 5.97 Å². The fraction of sp³-hybridized carbons (Fsp3) is 0.533. The molecule has 0 spiro atoms. The monoisotopic (exact) mass is 262 g/mol. The number of hydrogen-bond donors (Lipinski definition) is 3. The number of nitrogens with two attached hydrogens (primary N) is 1. The molecule has 1 aromatic carbocycles. The van der Waals surface area contributed by atoms with Crippen LogP contribution < -0.4 is 11.1 Å². The second kappa shape index (κ2) is 5.51. The van der Waals surface area contributed by atoms with Gasteiger partial charge in [0.05, 0.1) is 5.56 Å². The minimum absolute atomic E-state index is 0.184. The van der Waals surface area contributed by atoms with E-state index >= 15 is 0 Å². The van der Waals surface area contributed by atoms with Crippen LogP contribution in [0.15, 0.2) is 12.1 Å². The number of hydrogen-bond acceptors (Lipinski definition) is 3. The van der Waals surface area contributed by atoms with Crippen LogP contribution in [0.25, 0.3) is 0 Å². The zero-order valence-electron chi connectivity index (χ0n) is 11.6. The Morgan fingerprint density at radius 3 is 2.74 bits per heavy atom. The molecule has 0 bridgehead atoms. The third-order valence-electron chi connectivity index (χ3n) is 3.80. The lowest BCUT2D eigenvalue weighted by atomic mass is 10.0. The molecule has 1 saturated carbocycles. The van der Waals surface area contributed by atoms with E-state index in [2.05, 4.69) is 12.2 Å². The number of carboxylic acid groups (broad SMARTS) is 1. The van der Waals surface area contributed by atoms with Crippen molar-refractivity contribution in [1.29, 1.82) is 0 Å². The van der Waals surface area contributed by atoms with Crippen LogP contribution in [0.1, 0.15) is 48.5 Å². The second-order valence-electron chi connectivity index (χ2n) is 5.49. The van der Waals surface area contributed by atoms with Crippen molar-refractivity contribution in [1.82, 2.24) is 0 Å². The van der Waals surface area contributed by atoms with Crippen molar-refractivity contribution in [2.24, 2.45) is 5.92 Å². The van der Waals surface area contributed by atoms with Crippen molar-refractivity contribution in [3.63, 3.8) is 0 Å². The zero-order valence-corrected chi connectivity index (χ0v) is 11.6. The van der Waals surface area contributed by atoms with Crippen molar-refractivity contribution in [3.05, 3.63) is 23.3 Å². The number of aromatic carboxylic acids is 1. The average Bonchev–Trinajstić information content (AvgIpc) is 3.16. The molecule has 0 aliphatic heterocycles. The summed E-state index contributed by atoms with van der Waals surface area (Å²) in [6.07, 6.45) is 4.88. The standard InChI is InChI=1S/C15H22N2O2/c1-3-11(7-10-4-5-10)17-12-6-9(2)14(16)13(8-12)15(18)19/h6,8,10-11,17H,3-5,7,16H2,1-2H3,(H,18,19). The summed E-state index contributed by atoms with van der Waals surface area (Å²) < 4.78 is 0. The zero-order chi connectivity index (χ0) is 14.0. The Bertz CT molecular complexity index is 481. The molecule has 1 atom stereocenters. The molecule has 4 N–H and O–H groups in total. The Kier molecular flexibility index (Phi) is 3.98. The number of aryl methyl sites for hydroxylation is 1. The third-order valence-corrected chi connectivity index (χ3v) is 3.80. The van der Waals surface area contributed by atoms with Gasteiger partial charge < -0.3 is 16.2 Å². The molecule has 0 saturated heterocycles. The van der Waals surface area contributed by atoms with Gasteiger partial charge in [0.25, 0.3) is 0 Å². The second-order valence-corrected chi connectivity index (χ2v) is 5.49. The Morgan fingerprint density at radius 2 is 2.21 bits per heavy atom. The maximum atomic E-state index is 11.2. The van der Waals surface area contributed by atoms with E-state index in [0.29, 0.717) is 11.7 Å². The minimum Gasteiger partial charge on any atom is -0.478 e. The number of anilines is 2. The maximum absolute atomic E-state index is 11.2. The van der Waals surface area contributed by atoms with E-state index in [0.717, 1.165) is 23.6 Å². The topological polar surface area (TPSA) is 75.3 Å². The van der Waals surface area contributed by atoms with Gasteiger partial charge in [-0.1, -0.05) is 19.8 Å². The highest BCUT2D eigenvalue weighted by atomic mass is 16.4. The van der Waals surface area contributed by atoms with Gasteiger partial charge in [0.2, 0.25) is 0 Å². The Labute approximate surface area is 114 Å². The average molecular weight is 262 g/mol. The summed E-state index contributed by atoms with van der Waals surface area (Å²) in [5.41, 5.74) is 8.00. The number of rotatable bonds is 6. The maximum Gasteiger partial charge on any atom is 0.337 e. The molecule has 2 rings (SSSR count). The fourth-order valence-electron chi connectivity index (χ4n) is 2.38. The molecule has 0 aromatic heterocycles. The molecule has 0 heterocycles. The van der Waals surface area contributed by atoms with Crippen LogP contribution in [0.5, 0.6) is 0 Å². The summed E-state index contributed by atoms with van der Waals surface area (Å²) in [6, 6.07) is 3.98. The van der Waals surface area contributed by atoms with Gasteiger partial charge in [-0.05, 0) is 43.4 Å². The van der Waals surface area contributed by atoms with Crippen LogP contribution in [-0.2, 0) is 0 Å². The van der Waals surface area contributed by atoms with Crippen molar-refractivity contribution < 1.29 is 9.90 Å². The highest BCUT2D eigenvalue weighted by Gasteiger charge is 2.25. The Hall–Kier alpha value is -1.71. The summed E-state index contributed by atoms with van der Waals surface area (Å²) in [5, 5.41) is 12.6. The van der Waals surface area contributed by atoms with Crippen LogP contribution in [0.4, 0.5) is 11.4 Å². The Morgan fingerprint density at radius 1 is 1.53 bits per heavy atom. The predicted octanol–water partition coefficient (Wildman–Crippen LogP) is 3.27. The highest BCUT2D eigenvalue weighted by Crippen LogP contribution is 2.35. The van der Waals surface area contributed by atoms with Crippen LogP contribution in [0.3, 0.4) is 0 Å². The number of nitrogen functional groups attached to an aromatic ring is 1. The summed E-state index contributed by atoms with van der Waals surface area (Å²) >= 11 is 0. The van der Waals surface area contributed by atoms with E-state index in [1.165, 1.54) is 19.3 Å². The first-order chi connectivity index (χ1) is 9.01. The van der Waals surface area contributed by atoms with Gasteiger partial charge in [0.15, 0.2) is 0 Å². The van der Waals surface area contributed by atoms with Gasteiger partial charge in [0, 0.05) is 17.4 Å². The molecule has 0 amide bonds. The molecular formula is C15H22N2O2. The molecule has 0 radical (unpaired) electrons. The highest BCUT2D eigenvalue weighted by molar-refractivity contribution is 5.95. The lowest BCUT2D eigenvalue weighted by Crippen LogP contribution is -2.19. The largest absolute Gasteiger partial charge is 0.478 e. The van der Waals surface area contributed by atoms with Crippen LogP contribution >= 0.6 is 0 Å². The molecule has 1 aliphatic rings. The van der Waals surface area contributed by atoms with Gasteiger partial charge >= 0.3 is 5.97 Å². The van der Waals surface area contributed by atoms with Crippen molar-refractivity contribution in [3.8, 4) is 0 Å². The predicted molar refractivity (Wildman–Crippen MR) is 77.6 cm³/mol. The fourth-order valence-corrected chi connectivity index (χ4v) is 2.38. The van der Waals surface area contributed by atoms with Gasteiger partial charge in [-0.25, -0.2) is 4.79 Å². The molecule has 1 aromatic rings. The van der Waals surface area contributed by atoms with Crippen LogP contribution in [0.2, 0.25) is 0 Å². The van der Waals surface area contributed by atoms with Crippen LogP contribution in [0, 0.1) is 12.8 Å². The smallest absolute Gasteiger partial charge is 0.337 e. The third kappa shape index (κ3) is 3.40. The Balaban J connectivity index is 2.16. The lowest BCUT2D eigenvalue weighted by molar-refractivity contribution is 0.0698. The van der Waals surface area contributed by atoms with Gasteiger partial charge in [0.1, 0.15) is 0 Å². The first kappa shape index (κ1) is 13.7. The van der Waals surface area contributed by atoms with E-state index in [9.17, 15) is 4.79 Å². The first-order valence-corrected chi connectivity index (χ1v) is 6.91. The van der Waals surface area contributed by atoms with E-state index in [1.54, 1.807) is 6.07 Å². The van der Waals surface area contributed by atoms with Crippen LogP contribution in [-0.4, -0.2) is 17.1 Å². The normalized spacial score (nSPS) is 16.1. The van der Waals surface area contributed by atoms with E-state index in [1.807, 2.05) is 13.0 Å². The number of nitrogens with one attached hydrogen (secondary N) is 1. The van der Waals surface area contributed by atoms with Crippen molar-refractivity contribution in [2.75, 3.05) is 11.1 Å². The molecular weight excluding hydrogens is 240 g/mol. The van der Waals surface area contributed by atoms with Gasteiger partial charge in [-0.3, -0.25) is 0 Å². The number of carbonyl (C=O) groups is 1. The summed E-state index contributed by atoms with van der Waals surface area (Å²) in [5.74, 6) is -0.120. The van der Waals surface area contributed by atoms with Crippen molar-refractivity contribution in [2.45, 2.75) is 45.6 Å². The minimum atomic E-state index is -0.973. The lowest BCUT2D eigenvalue weighted by Gasteiger charge is -2.19. The van der Waals surface area contributed by atoms with E-state index in [-0.39, 0.29) is 5.56 Å². The first-order valence-electron chi connectivity index (χ1n) is 6.91. The van der Waals surface area contributed by atoms with Gasteiger partial charge in [-0.2, -0.15) is 0 Å².